The van der Waals surface area contributed by atoms with Gasteiger partial charge in [0.2, 0.25) is 0 Å². The van der Waals surface area contributed by atoms with Gasteiger partial charge in [-0.1, -0.05) is 0 Å². The molecule has 0 heterocycles. The van der Waals surface area contributed by atoms with Gasteiger partial charge in [0.25, 0.3) is 0 Å². The third kappa shape index (κ3) is 2.99. The first-order valence-electron chi connectivity index (χ1n) is 4.65. The maximum atomic E-state index is 13.2. The van der Waals surface area contributed by atoms with Crippen molar-refractivity contribution in [1.82, 2.24) is 0 Å². The van der Waals surface area contributed by atoms with Gasteiger partial charge in [-0.3, -0.25) is 0 Å². The SMILES string of the molecule is C/C(C(=O)O)=C(\N)Cc1cc(F)c(F)cc1F. The molecule has 0 aliphatic rings. The maximum Gasteiger partial charge on any atom is 0.333 e. The summed E-state index contributed by atoms with van der Waals surface area (Å²) in [6.07, 6.45) is -0.291. The summed E-state index contributed by atoms with van der Waals surface area (Å²) >= 11 is 0. The lowest BCUT2D eigenvalue weighted by molar-refractivity contribution is -0.132. The molecule has 92 valence electrons. The first-order chi connectivity index (χ1) is 7.82. The highest BCUT2D eigenvalue weighted by molar-refractivity contribution is 5.86. The zero-order chi connectivity index (χ0) is 13.2. The number of carbonyl (C=O) groups is 1. The van der Waals surface area contributed by atoms with Crippen molar-refractivity contribution in [3.8, 4) is 0 Å². The van der Waals surface area contributed by atoms with E-state index < -0.39 is 23.4 Å². The Bertz CT molecular complexity index is 498. The number of hydrogen-bond acceptors (Lipinski definition) is 2. The van der Waals surface area contributed by atoms with Crippen molar-refractivity contribution in [1.29, 1.82) is 0 Å². The molecule has 0 saturated heterocycles. The molecule has 1 rings (SSSR count). The number of carboxylic acid groups (broad SMARTS) is 1. The monoisotopic (exact) mass is 245 g/mol. The fourth-order valence-electron chi connectivity index (χ4n) is 1.17. The van der Waals surface area contributed by atoms with Crippen molar-refractivity contribution < 1.29 is 23.1 Å². The van der Waals surface area contributed by atoms with Gasteiger partial charge in [0.05, 0.1) is 5.57 Å². The Morgan fingerprint density at radius 1 is 1.24 bits per heavy atom. The molecule has 0 aromatic heterocycles. The van der Waals surface area contributed by atoms with Crippen LogP contribution in [0.5, 0.6) is 0 Å². The second-order valence-electron chi connectivity index (χ2n) is 3.49. The van der Waals surface area contributed by atoms with Crippen LogP contribution in [0.4, 0.5) is 13.2 Å². The highest BCUT2D eigenvalue weighted by atomic mass is 19.2. The molecule has 0 spiro atoms. The molecular formula is C11H10F3NO2. The van der Waals surface area contributed by atoms with Crippen molar-refractivity contribution in [2.24, 2.45) is 5.73 Å². The van der Waals surface area contributed by atoms with Crippen LogP contribution in [0.3, 0.4) is 0 Å². The third-order valence-corrected chi connectivity index (χ3v) is 2.27. The highest BCUT2D eigenvalue weighted by Gasteiger charge is 2.13. The minimum Gasteiger partial charge on any atom is -0.478 e. The van der Waals surface area contributed by atoms with Crippen molar-refractivity contribution in [3.63, 3.8) is 0 Å². The second-order valence-corrected chi connectivity index (χ2v) is 3.49. The number of aliphatic carboxylic acids is 1. The normalized spacial score (nSPS) is 12.2. The van der Waals surface area contributed by atoms with Gasteiger partial charge in [0.15, 0.2) is 11.6 Å². The van der Waals surface area contributed by atoms with Gasteiger partial charge < -0.3 is 10.8 Å². The summed E-state index contributed by atoms with van der Waals surface area (Å²) in [5.41, 5.74) is 4.96. The number of hydrogen-bond donors (Lipinski definition) is 2. The minimum atomic E-state index is -1.30. The van der Waals surface area contributed by atoms with E-state index in [-0.39, 0.29) is 23.3 Å². The molecule has 0 atom stereocenters. The molecule has 0 saturated carbocycles. The Balaban J connectivity index is 3.08. The van der Waals surface area contributed by atoms with E-state index in [0.717, 1.165) is 0 Å². The lowest BCUT2D eigenvalue weighted by Crippen LogP contribution is -2.11. The quantitative estimate of drug-likeness (QED) is 0.632. The van der Waals surface area contributed by atoms with Crippen LogP contribution in [-0.4, -0.2) is 11.1 Å². The molecule has 0 bridgehead atoms. The smallest absolute Gasteiger partial charge is 0.333 e. The van der Waals surface area contributed by atoms with Gasteiger partial charge >= 0.3 is 5.97 Å². The number of allylic oxidation sites excluding steroid dienone is 1. The molecule has 0 unspecified atom stereocenters. The van der Waals surface area contributed by atoms with Gasteiger partial charge in [-0.2, -0.15) is 0 Å². The summed E-state index contributed by atoms with van der Waals surface area (Å²) in [5.74, 6) is -4.72. The van der Waals surface area contributed by atoms with Crippen LogP contribution in [-0.2, 0) is 11.2 Å². The molecule has 1 aromatic carbocycles. The summed E-state index contributed by atoms with van der Waals surface area (Å²) in [6, 6.07) is 1.06. The molecule has 1 aromatic rings. The highest BCUT2D eigenvalue weighted by Crippen LogP contribution is 2.16. The topological polar surface area (TPSA) is 63.3 Å². The average molecular weight is 245 g/mol. The number of benzene rings is 1. The molecule has 0 radical (unpaired) electrons. The minimum absolute atomic E-state index is 0.109. The summed E-state index contributed by atoms with van der Waals surface area (Å²) in [5, 5.41) is 8.63. The Labute approximate surface area is 95.4 Å². The van der Waals surface area contributed by atoms with E-state index in [1.165, 1.54) is 6.92 Å². The van der Waals surface area contributed by atoms with Crippen LogP contribution < -0.4 is 5.73 Å². The lowest BCUT2D eigenvalue weighted by Gasteiger charge is -2.06. The molecule has 3 N–H and O–H groups in total. The van der Waals surface area contributed by atoms with E-state index >= 15 is 0 Å². The molecule has 17 heavy (non-hydrogen) atoms. The zero-order valence-corrected chi connectivity index (χ0v) is 8.93. The molecule has 0 fully saturated rings. The van der Waals surface area contributed by atoms with E-state index in [1.54, 1.807) is 0 Å². The van der Waals surface area contributed by atoms with Crippen LogP contribution in [0.2, 0.25) is 0 Å². The van der Waals surface area contributed by atoms with Crippen molar-refractivity contribution >= 4 is 5.97 Å². The molecule has 0 amide bonds. The van der Waals surface area contributed by atoms with Gasteiger partial charge in [0, 0.05) is 18.2 Å². The van der Waals surface area contributed by atoms with Crippen molar-refractivity contribution in [2.75, 3.05) is 0 Å². The van der Waals surface area contributed by atoms with Crippen LogP contribution >= 0.6 is 0 Å². The van der Waals surface area contributed by atoms with Gasteiger partial charge in [0.1, 0.15) is 5.82 Å². The predicted octanol–water partition coefficient (Wildman–Crippen LogP) is 1.96. The summed E-state index contributed by atoms with van der Waals surface area (Å²) < 4.78 is 38.7. The van der Waals surface area contributed by atoms with Crippen LogP contribution in [0.25, 0.3) is 0 Å². The Kier molecular flexibility index (Phi) is 3.77. The van der Waals surface area contributed by atoms with E-state index in [0.29, 0.717) is 12.1 Å². The number of rotatable bonds is 3. The van der Waals surface area contributed by atoms with Crippen LogP contribution in [0.1, 0.15) is 12.5 Å². The number of halogens is 3. The molecule has 0 aliphatic heterocycles. The number of nitrogens with two attached hydrogens (primary N) is 1. The Hall–Kier alpha value is -1.98. The molecule has 6 heteroatoms. The van der Waals surface area contributed by atoms with E-state index in [1.807, 2.05) is 0 Å². The van der Waals surface area contributed by atoms with Crippen LogP contribution in [0.15, 0.2) is 23.4 Å². The maximum absolute atomic E-state index is 13.2. The predicted molar refractivity (Wildman–Crippen MR) is 54.5 cm³/mol. The number of carboxylic acids is 1. The van der Waals surface area contributed by atoms with Crippen molar-refractivity contribution in [3.05, 3.63) is 46.4 Å². The van der Waals surface area contributed by atoms with Gasteiger partial charge in [-0.25, -0.2) is 18.0 Å². The standard InChI is InChI=1S/C11H10F3NO2/c1-5(11(16)17)10(15)3-6-2-8(13)9(14)4-7(6)12/h2,4H,3,15H2,1H3,(H,16,17)/b10-5+. The first-order valence-corrected chi connectivity index (χ1v) is 4.65. The molecular weight excluding hydrogens is 235 g/mol. The zero-order valence-electron chi connectivity index (χ0n) is 8.93. The molecule has 3 nitrogen and oxygen atoms in total. The average Bonchev–Trinajstić information content (AvgIpc) is 2.24. The van der Waals surface area contributed by atoms with Gasteiger partial charge in [-0.15, -0.1) is 0 Å². The second kappa shape index (κ2) is 4.90. The third-order valence-electron chi connectivity index (χ3n) is 2.27. The molecule has 0 aliphatic carbocycles. The van der Waals surface area contributed by atoms with Crippen LogP contribution in [0, 0.1) is 17.5 Å². The fourth-order valence-corrected chi connectivity index (χ4v) is 1.17. The van der Waals surface area contributed by atoms with E-state index in [9.17, 15) is 18.0 Å². The summed E-state index contributed by atoms with van der Waals surface area (Å²) in [6.45, 7) is 1.25. The van der Waals surface area contributed by atoms with E-state index in [2.05, 4.69) is 0 Å². The lowest BCUT2D eigenvalue weighted by atomic mass is 10.1. The first kappa shape index (κ1) is 13.1. The fraction of sp³-hybridized carbons (Fsp3) is 0.182. The Morgan fingerprint density at radius 2 is 1.76 bits per heavy atom. The largest absolute Gasteiger partial charge is 0.478 e. The van der Waals surface area contributed by atoms with Crippen molar-refractivity contribution in [2.45, 2.75) is 13.3 Å². The van der Waals surface area contributed by atoms with E-state index in [4.69, 9.17) is 10.8 Å². The summed E-state index contributed by atoms with van der Waals surface area (Å²) in [4.78, 5) is 10.6. The Morgan fingerprint density at radius 3 is 2.29 bits per heavy atom. The summed E-state index contributed by atoms with van der Waals surface area (Å²) in [7, 11) is 0. The van der Waals surface area contributed by atoms with Gasteiger partial charge in [-0.05, 0) is 18.6 Å².